The minimum Gasteiger partial charge on any atom is -0.486 e. The van der Waals surface area contributed by atoms with Crippen molar-refractivity contribution in [2.45, 2.75) is 19.8 Å². The van der Waals surface area contributed by atoms with E-state index in [0.717, 1.165) is 25.9 Å². The van der Waals surface area contributed by atoms with Crippen LogP contribution in [-0.4, -0.2) is 68.3 Å². The Morgan fingerprint density at radius 2 is 2.03 bits per heavy atom. The molecular formula is C21H29ClN4O3S. The van der Waals surface area contributed by atoms with E-state index in [1.807, 2.05) is 11.0 Å². The Balaban J connectivity index is 1.85. The van der Waals surface area contributed by atoms with Crippen LogP contribution in [0.4, 0.5) is 5.69 Å². The topological polar surface area (TPSA) is 69.1 Å². The summed E-state index contributed by atoms with van der Waals surface area (Å²) in [5.41, 5.74) is 1.30. The number of ether oxygens (including phenoxy) is 1. The summed E-state index contributed by atoms with van der Waals surface area (Å²) in [5, 5.41) is 8.60. The second-order valence-electron chi connectivity index (χ2n) is 7.96. The summed E-state index contributed by atoms with van der Waals surface area (Å²) in [4.78, 5) is 17.0. The van der Waals surface area contributed by atoms with Gasteiger partial charge in [-0.1, -0.05) is 24.6 Å². The number of piperazine rings is 1. The molecule has 2 fully saturated rings. The molecule has 7 nitrogen and oxygen atoms in total. The van der Waals surface area contributed by atoms with E-state index in [1.165, 1.54) is 23.3 Å². The van der Waals surface area contributed by atoms with Gasteiger partial charge in [0.2, 0.25) is 5.76 Å². The van der Waals surface area contributed by atoms with Gasteiger partial charge in [-0.25, -0.2) is 4.31 Å². The second-order valence-corrected chi connectivity index (χ2v) is 9.39. The smallest absolute Gasteiger partial charge is 0.295 e. The SMILES string of the molecule is COSN1CCN(/C(C=N)=C(\OCC2(C)CC2)C(=O)N(C)c2cccc(Cl)c2)CC1. The third-order valence-corrected chi connectivity index (χ3v) is 6.45. The molecule has 30 heavy (non-hydrogen) atoms. The minimum absolute atomic E-state index is 0.112. The molecule has 9 heteroatoms. The third-order valence-electron chi connectivity index (χ3n) is 5.49. The Morgan fingerprint density at radius 1 is 1.33 bits per heavy atom. The van der Waals surface area contributed by atoms with Gasteiger partial charge in [-0.2, -0.15) is 0 Å². The van der Waals surface area contributed by atoms with Gasteiger partial charge in [-0.15, -0.1) is 0 Å². The Hall–Kier alpha value is -1.74. The first-order valence-corrected chi connectivity index (χ1v) is 11.1. The quantitative estimate of drug-likeness (QED) is 0.202. The molecule has 0 bridgehead atoms. The lowest BCUT2D eigenvalue weighted by Crippen LogP contribution is -2.44. The van der Waals surface area contributed by atoms with Gasteiger partial charge in [0.25, 0.3) is 5.91 Å². The van der Waals surface area contributed by atoms with Crippen LogP contribution < -0.4 is 4.90 Å². The molecule has 1 saturated carbocycles. The number of likely N-dealkylation sites (N-methyl/N-ethyl adjacent to an activating group) is 1. The van der Waals surface area contributed by atoms with E-state index >= 15 is 0 Å². The van der Waals surface area contributed by atoms with Crippen molar-refractivity contribution in [2.24, 2.45) is 5.41 Å². The Morgan fingerprint density at radius 3 is 2.60 bits per heavy atom. The van der Waals surface area contributed by atoms with Gasteiger partial charge < -0.3 is 24.1 Å². The number of hydrogen-bond donors (Lipinski definition) is 1. The average molecular weight is 453 g/mol. The van der Waals surface area contributed by atoms with Gasteiger partial charge >= 0.3 is 0 Å². The van der Waals surface area contributed by atoms with Crippen LogP contribution in [0.1, 0.15) is 19.8 Å². The lowest BCUT2D eigenvalue weighted by atomic mass is 10.1. The van der Waals surface area contributed by atoms with Crippen LogP contribution in [0.5, 0.6) is 0 Å². The van der Waals surface area contributed by atoms with Crippen LogP contribution in [-0.2, 0) is 13.7 Å². The van der Waals surface area contributed by atoms with Crippen LogP contribution >= 0.6 is 23.8 Å². The first-order valence-electron chi connectivity index (χ1n) is 9.99. The summed E-state index contributed by atoms with van der Waals surface area (Å²) in [6.07, 6.45) is 3.41. The van der Waals surface area contributed by atoms with Crippen LogP contribution in [0.25, 0.3) is 0 Å². The van der Waals surface area contributed by atoms with Gasteiger partial charge in [0.1, 0.15) is 5.70 Å². The summed E-state index contributed by atoms with van der Waals surface area (Å²) in [6, 6.07) is 7.14. The van der Waals surface area contributed by atoms with Gasteiger partial charge in [-0.05, 0) is 31.0 Å². The van der Waals surface area contributed by atoms with Crippen molar-refractivity contribution in [3.8, 4) is 0 Å². The number of nitrogens with zero attached hydrogens (tertiary/aromatic N) is 3. The molecule has 0 spiro atoms. The molecule has 1 aliphatic carbocycles. The van der Waals surface area contributed by atoms with E-state index in [2.05, 4.69) is 11.2 Å². The average Bonchev–Trinajstić information content (AvgIpc) is 3.48. The van der Waals surface area contributed by atoms with Gasteiger partial charge in [-0.3, -0.25) is 4.79 Å². The zero-order valence-corrected chi connectivity index (χ0v) is 19.3. The van der Waals surface area contributed by atoms with Crippen molar-refractivity contribution in [1.29, 1.82) is 5.41 Å². The van der Waals surface area contributed by atoms with Crippen molar-refractivity contribution in [1.82, 2.24) is 9.21 Å². The largest absolute Gasteiger partial charge is 0.486 e. The number of amides is 1. The molecule has 1 heterocycles. The molecule has 1 N–H and O–H groups in total. The predicted octanol–water partition coefficient (Wildman–Crippen LogP) is 3.81. The maximum atomic E-state index is 13.4. The minimum atomic E-state index is -0.284. The monoisotopic (exact) mass is 452 g/mol. The summed E-state index contributed by atoms with van der Waals surface area (Å²) in [6.45, 7) is 5.51. The molecule has 0 unspecified atom stereocenters. The molecule has 0 aromatic heterocycles. The van der Waals surface area contributed by atoms with E-state index in [-0.39, 0.29) is 17.1 Å². The number of halogens is 1. The van der Waals surface area contributed by atoms with Gasteiger partial charge in [0, 0.05) is 55.6 Å². The van der Waals surface area contributed by atoms with Crippen LogP contribution in [0.3, 0.4) is 0 Å². The first kappa shape index (κ1) is 22.9. The zero-order valence-electron chi connectivity index (χ0n) is 17.7. The Labute approximate surface area is 187 Å². The van der Waals surface area contributed by atoms with Gasteiger partial charge in [0.15, 0.2) is 0 Å². The number of carbonyl (C=O) groups is 1. The summed E-state index contributed by atoms with van der Waals surface area (Å²) >= 11 is 7.44. The molecule has 1 saturated heterocycles. The predicted molar refractivity (Wildman–Crippen MR) is 122 cm³/mol. The molecule has 1 amide bonds. The Kier molecular flexibility index (Phi) is 7.68. The number of nitrogens with one attached hydrogen (secondary N) is 1. The molecule has 3 rings (SSSR count). The molecule has 1 aliphatic heterocycles. The molecule has 2 aliphatic rings. The molecule has 164 valence electrons. The zero-order chi connectivity index (χ0) is 21.7. The highest BCUT2D eigenvalue weighted by Crippen LogP contribution is 2.45. The number of hydrogen-bond acceptors (Lipinski definition) is 7. The maximum Gasteiger partial charge on any atom is 0.295 e. The van der Waals surface area contributed by atoms with E-state index in [1.54, 1.807) is 32.4 Å². The molecule has 0 radical (unpaired) electrons. The third kappa shape index (κ3) is 5.69. The molecule has 0 atom stereocenters. The normalized spacial score (nSPS) is 19.1. The number of benzene rings is 1. The number of carbonyl (C=O) groups excluding carboxylic acids is 1. The van der Waals surface area contributed by atoms with E-state index in [0.29, 0.717) is 36.1 Å². The van der Waals surface area contributed by atoms with Crippen LogP contribution in [0.2, 0.25) is 5.02 Å². The first-order chi connectivity index (χ1) is 14.4. The number of anilines is 1. The fraction of sp³-hybridized carbons (Fsp3) is 0.524. The van der Waals surface area contributed by atoms with Crippen molar-refractivity contribution >= 4 is 41.6 Å². The van der Waals surface area contributed by atoms with E-state index in [4.69, 9.17) is 25.9 Å². The van der Waals surface area contributed by atoms with Crippen molar-refractivity contribution in [3.05, 3.63) is 40.7 Å². The molecular weight excluding hydrogens is 424 g/mol. The van der Waals surface area contributed by atoms with Crippen molar-refractivity contribution in [3.63, 3.8) is 0 Å². The lowest BCUT2D eigenvalue weighted by molar-refractivity contribution is -0.118. The highest BCUT2D eigenvalue weighted by Gasteiger charge is 2.39. The van der Waals surface area contributed by atoms with Crippen molar-refractivity contribution < 1.29 is 13.7 Å². The van der Waals surface area contributed by atoms with E-state index < -0.39 is 0 Å². The number of rotatable bonds is 9. The highest BCUT2D eigenvalue weighted by molar-refractivity contribution is 7.92. The maximum absolute atomic E-state index is 13.4. The van der Waals surface area contributed by atoms with Crippen molar-refractivity contribution in [2.75, 3.05) is 51.8 Å². The summed E-state index contributed by atoms with van der Waals surface area (Å²) in [5.74, 6) is -0.0674. The fourth-order valence-corrected chi connectivity index (χ4v) is 3.92. The summed E-state index contributed by atoms with van der Waals surface area (Å²) < 4.78 is 13.4. The molecule has 1 aromatic carbocycles. The Bertz CT molecular complexity index is 807. The lowest BCUT2D eigenvalue weighted by Gasteiger charge is -2.35. The van der Waals surface area contributed by atoms with Gasteiger partial charge in [0.05, 0.1) is 25.9 Å². The van der Waals surface area contributed by atoms with E-state index in [9.17, 15) is 4.79 Å². The second kappa shape index (κ2) is 10.0. The summed E-state index contributed by atoms with van der Waals surface area (Å²) in [7, 11) is 3.35. The molecule has 1 aromatic rings. The highest BCUT2D eigenvalue weighted by atomic mass is 35.5. The van der Waals surface area contributed by atoms with Crippen LogP contribution in [0, 0.1) is 10.8 Å². The number of allylic oxidation sites excluding steroid dienone is 1. The standard InChI is InChI=1S/C21H29ClN4O3S/c1-21(7-8-21)15-29-19(20(27)24(2)17-6-4-5-16(22)13-17)18(14-23)25-9-11-26(12-10-25)30-28-3/h4-6,13-14,23H,7-12,15H2,1-3H3/b19-18-,23-14?. The fourth-order valence-electron chi connectivity index (χ4n) is 3.21. The van der Waals surface area contributed by atoms with Crippen LogP contribution in [0.15, 0.2) is 35.7 Å².